The Morgan fingerprint density at radius 3 is 2.71 bits per heavy atom. The third kappa shape index (κ3) is 3.70. The molecule has 21 heavy (non-hydrogen) atoms. The summed E-state index contributed by atoms with van der Waals surface area (Å²) in [5.74, 6) is -1.61. The van der Waals surface area contributed by atoms with Crippen LogP contribution < -0.4 is 4.74 Å². The molecule has 0 aromatic heterocycles. The number of nitro benzene ring substituents is 1. The minimum absolute atomic E-state index is 0.0941. The number of nitro groups is 1. The standard InChI is InChI=1S/C13H12N2O6/c1-3-21-13(17)9(7-14)4-8-5-10(15(18)19)12(16)11(6-8)20-2/h4-6,16H,3H2,1-2H3/b9-4-. The third-order valence-corrected chi connectivity index (χ3v) is 2.42. The van der Waals surface area contributed by atoms with Crippen LogP contribution in [-0.4, -0.2) is 29.7 Å². The van der Waals surface area contributed by atoms with E-state index >= 15 is 0 Å². The molecular formula is C13H12N2O6. The highest BCUT2D eigenvalue weighted by Crippen LogP contribution is 2.37. The average molecular weight is 292 g/mol. The van der Waals surface area contributed by atoms with Crippen molar-refractivity contribution in [3.05, 3.63) is 33.4 Å². The van der Waals surface area contributed by atoms with E-state index in [1.807, 2.05) is 0 Å². The molecule has 1 aromatic carbocycles. The minimum Gasteiger partial charge on any atom is -0.500 e. The Labute approximate surface area is 120 Å². The number of methoxy groups -OCH3 is 1. The average Bonchev–Trinajstić information content (AvgIpc) is 2.45. The molecule has 8 heteroatoms. The first-order valence-electron chi connectivity index (χ1n) is 5.78. The molecule has 0 fully saturated rings. The van der Waals surface area contributed by atoms with Gasteiger partial charge in [0.25, 0.3) is 0 Å². The summed E-state index contributed by atoms with van der Waals surface area (Å²) in [4.78, 5) is 21.5. The number of hydrogen-bond acceptors (Lipinski definition) is 7. The van der Waals surface area contributed by atoms with Crippen molar-refractivity contribution in [2.75, 3.05) is 13.7 Å². The van der Waals surface area contributed by atoms with Crippen molar-refractivity contribution in [2.24, 2.45) is 0 Å². The molecule has 0 saturated heterocycles. The van der Waals surface area contributed by atoms with E-state index in [0.29, 0.717) is 0 Å². The normalized spacial score (nSPS) is 10.6. The number of phenols is 1. The molecule has 0 aliphatic heterocycles. The lowest BCUT2D eigenvalue weighted by molar-refractivity contribution is -0.386. The van der Waals surface area contributed by atoms with Crippen LogP contribution in [0, 0.1) is 21.4 Å². The Kier molecular flexibility index (Phi) is 5.25. The van der Waals surface area contributed by atoms with Crippen LogP contribution in [0.1, 0.15) is 12.5 Å². The van der Waals surface area contributed by atoms with Gasteiger partial charge < -0.3 is 14.6 Å². The molecule has 0 amide bonds. The summed E-state index contributed by atoms with van der Waals surface area (Å²) in [6.07, 6.45) is 1.12. The van der Waals surface area contributed by atoms with Gasteiger partial charge in [0.2, 0.25) is 5.75 Å². The number of rotatable bonds is 5. The summed E-state index contributed by atoms with van der Waals surface area (Å²) in [5, 5.41) is 29.4. The van der Waals surface area contributed by atoms with Crippen LogP contribution in [0.15, 0.2) is 17.7 Å². The van der Waals surface area contributed by atoms with Crippen molar-refractivity contribution in [2.45, 2.75) is 6.92 Å². The van der Waals surface area contributed by atoms with Crippen molar-refractivity contribution < 1.29 is 24.3 Å². The van der Waals surface area contributed by atoms with Crippen LogP contribution in [0.5, 0.6) is 11.5 Å². The zero-order valence-electron chi connectivity index (χ0n) is 11.3. The number of aromatic hydroxyl groups is 1. The quantitative estimate of drug-likeness (QED) is 0.288. The number of carbonyl (C=O) groups is 1. The van der Waals surface area contributed by atoms with E-state index < -0.39 is 22.3 Å². The number of hydrogen-bond donors (Lipinski definition) is 1. The highest BCUT2D eigenvalue weighted by molar-refractivity contribution is 5.98. The minimum atomic E-state index is -0.838. The highest BCUT2D eigenvalue weighted by atomic mass is 16.6. The predicted molar refractivity (Wildman–Crippen MR) is 71.5 cm³/mol. The Bertz CT molecular complexity index is 645. The Morgan fingerprint density at radius 1 is 1.57 bits per heavy atom. The molecule has 0 heterocycles. The molecular weight excluding hydrogens is 280 g/mol. The van der Waals surface area contributed by atoms with Gasteiger partial charge in [-0.15, -0.1) is 0 Å². The molecule has 0 aliphatic rings. The van der Waals surface area contributed by atoms with Crippen LogP contribution in [-0.2, 0) is 9.53 Å². The van der Waals surface area contributed by atoms with E-state index in [1.54, 1.807) is 13.0 Å². The molecule has 0 unspecified atom stereocenters. The lowest BCUT2D eigenvalue weighted by atomic mass is 10.1. The van der Waals surface area contributed by atoms with Crippen molar-refractivity contribution in [3.63, 3.8) is 0 Å². The smallest absolute Gasteiger partial charge is 0.348 e. The van der Waals surface area contributed by atoms with Gasteiger partial charge in [0.15, 0.2) is 5.75 Å². The van der Waals surface area contributed by atoms with Crippen molar-refractivity contribution in [1.29, 1.82) is 5.26 Å². The molecule has 0 bridgehead atoms. The van der Waals surface area contributed by atoms with Gasteiger partial charge in [-0.1, -0.05) is 0 Å². The van der Waals surface area contributed by atoms with Crippen molar-refractivity contribution in [1.82, 2.24) is 0 Å². The Morgan fingerprint density at radius 2 is 2.24 bits per heavy atom. The van der Waals surface area contributed by atoms with Gasteiger partial charge in [-0.25, -0.2) is 4.79 Å². The van der Waals surface area contributed by atoms with E-state index in [1.165, 1.54) is 13.2 Å². The van der Waals surface area contributed by atoms with Crippen molar-refractivity contribution in [3.8, 4) is 17.6 Å². The maximum atomic E-state index is 11.5. The molecule has 8 nitrogen and oxygen atoms in total. The highest BCUT2D eigenvalue weighted by Gasteiger charge is 2.20. The fourth-order valence-corrected chi connectivity index (χ4v) is 1.50. The zero-order valence-corrected chi connectivity index (χ0v) is 11.3. The lowest BCUT2D eigenvalue weighted by Crippen LogP contribution is -2.06. The maximum absolute atomic E-state index is 11.5. The number of benzene rings is 1. The number of phenolic OH excluding ortho intramolecular Hbond substituents is 1. The van der Waals surface area contributed by atoms with Gasteiger partial charge in [0, 0.05) is 6.07 Å². The summed E-state index contributed by atoms with van der Waals surface area (Å²) in [7, 11) is 1.23. The van der Waals surface area contributed by atoms with Gasteiger partial charge in [-0.05, 0) is 24.6 Å². The SMILES string of the molecule is CCOC(=O)/C(C#N)=C\c1cc(OC)c(O)c([N+](=O)[O-])c1. The van der Waals surface area contributed by atoms with Crippen molar-refractivity contribution >= 4 is 17.7 Å². The van der Waals surface area contributed by atoms with Crippen LogP contribution in [0.2, 0.25) is 0 Å². The lowest BCUT2D eigenvalue weighted by Gasteiger charge is -2.06. The van der Waals surface area contributed by atoms with Gasteiger partial charge >= 0.3 is 11.7 Å². The molecule has 1 rings (SSSR count). The molecule has 0 spiro atoms. The number of nitriles is 1. The van der Waals surface area contributed by atoms with Gasteiger partial charge in [0.1, 0.15) is 11.6 Å². The van der Waals surface area contributed by atoms with Crippen LogP contribution in [0.25, 0.3) is 6.08 Å². The van der Waals surface area contributed by atoms with E-state index in [4.69, 9.17) is 10.00 Å². The first-order chi connectivity index (χ1) is 9.94. The zero-order chi connectivity index (χ0) is 16.0. The van der Waals surface area contributed by atoms with Gasteiger partial charge in [-0.2, -0.15) is 5.26 Å². The predicted octanol–water partition coefficient (Wildman–Crippen LogP) is 1.78. The largest absolute Gasteiger partial charge is 0.500 e. The summed E-state index contributed by atoms with van der Waals surface area (Å²) in [6, 6.07) is 3.93. The van der Waals surface area contributed by atoms with Gasteiger partial charge in [0.05, 0.1) is 18.6 Å². The van der Waals surface area contributed by atoms with E-state index in [9.17, 15) is 20.0 Å². The Balaban J connectivity index is 3.37. The fourth-order valence-electron chi connectivity index (χ4n) is 1.50. The second kappa shape index (κ2) is 6.91. The number of nitrogens with zero attached hydrogens (tertiary/aromatic N) is 2. The summed E-state index contributed by atoms with van der Waals surface area (Å²) < 4.78 is 9.50. The second-order valence-corrected chi connectivity index (χ2v) is 3.74. The fraction of sp³-hybridized carbons (Fsp3) is 0.231. The summed E-state index contributed by atoms with van der Waals surface area (Å²) in [6.45, 7) is 1.68. The third-order valence-electron chi connectivity index (χ3n) is 2.42. The number of ether oxygens (including phenoxy) is 2. The monoisotopic (exact) mass is 292 g/mol. The van der Waals surface area contributed by atoms with E-state index in [2.05, 4.69) is 4.74 Å². The van der Waals surface area contributed by atoms with E-state index in [0.717, 1.165) is 12.1 Å². The number of esters is 1. The first kappa shape index (κ1) is 16.0. The maximum Gasteiger partial charge on any atom is 0.348 e. The van der Waals surface area contributed by atoms with Crippen LogP contribution in [0.4, 0.5) is 5.69 Å². The molecule has 1 N–H and O–H groups in total. The Hall–Kier alpha value is -3.08. The first-order valence-corrected chi connectivity index (χ1v) is 5.78. The molecule has 110 valence electrons. The molecule has 0 saturated carbocycles. The molecule has 1 aromatic rings. The molecule has 0 aliphatic carbocycles. The van der Waals surface area contributed by atoms with E-state index in [-0.39, 0.29) is 23.5 Å². The molecule has 0 atom stereocenters. The second-order valence-electron chi connectivity index (χ2n) is 3.74. The summed E-state index contributed by atoms with van der Waals surface area (Å²) in [5.41, 5.74) is -0.762. The number of carbonyl (C=O) groups excluding carboxylic acids is 1. The van der Waals surface area contributed by atoms with Crippen LogP contribution in [0.3, 0.4) is 0 Å². The van der Waals surface area contributed by atoms with Crippen LogP contribution >= 0.6 is 0 Å². The summed E-state index contributed by atoms with van der Waals surface area (Å²) >= 11 is 0. The topological polar surface area (TPSA) is 123 Å². The van der Waals surface area contributed by atoms with Gasteiger partial charge in [-0.3, -0.25) is 10.1 Å². The molecule has 0 radical (unpaired) electrons.